The molecule has 0 amide bonds. The molecule has 1 saturated heterocycles. The molecule has 3 heterocycles. The van der Waals surface area contributed by atoms with Gasteiger partial charge in [-0.15, -0.1) is 0 Å². The van der Waals surface area contributed by atoms with Crippen molar-refractivity contribution in [3.8, 4) is 0 Å². The Morgan fingerprint density at radius 3 is 2.68 bits per heavy atom. The van der Waals surface area contributed by atoms with E-state index < -0.39 is 0 Å². The monoisotopic (exact) mass is 400 g/mol. The number of pyridine rings is 1. The summed E-state index contributed by atoms with van der Waals surface area (Å²) in [5.74, 6) is 0.931. The van der Waals surface area contributed by atoms with Crippen molar-refractivity contribution in [2.24, 2.45) is 18.2 Å². The smallest absolute Gasteiger partial charge is 0.270 e. The molecule has 7 nitrogen and oxygen atoms in total. The predicted molar refractivity (Wildman–Crippen MR) is 113 cm³/mol. The van der Waals surface area contributed by atoms with Crippen LogP contribution in [0, 0.1) is 12.3 Å². The van der Waals surface area contributed by atoms with Gasteiger partial charge in [-0.05, 0) is 50.2 Å². The first-order valence-electron chi connectivity index (χ1n) is 9.88. The summed E-state index contributed by atoms with van der Waals surface area (Å²) in [5.41, 5.74) is 13.6. The summed E-state index contributed by atoms with van der Waals surface area (Å²) in [6.45, 7) is 3.64. The van der Waals surface area contributed by atoms with Crippen molar-refractivity contribution in [3.05, 3.63) is 34.4 Å². The fourth-order valence-corrected chi connectivity index (χ4v) is 5.53. The Morgan fingerprint density at radius 1 is 1.29 bits per heavy atom. The summed E-state index contributed by atoms with van der Waals surface area (Å²) in [5, 5.41) is 0. The first kappa shape index (κ1) is 19.3. The minimum absolute atomic E-state index is 0.117. The van der Waals surface area contributed by atoms with E-state index in [1.165, 1.54) is 24.6 Å². The van der Waals surface area contributed by atoms with Crippen LogP contribution in [0.15, 0.2) is 32.9 Å². The van der Waals surface area contributed by atoms with E-state index in [9.17, 15) is 4.79 Å². The van der Waals surface area contributed by atoms with Crippen LogP contribution in [-0.2, 0) is 7.05 Å². The summed E-state index contributed by atoms with van der Waals surface area (Å²) >= 11 is 1.33. The highest BCUT2D eigenvalue weighted by molar-refractivity contribution is 7.99. The Kier molecular flexibility index (Phi) is 5.09. The van der Waals surface area contributed by atoms with Gasteiger partial charge in [0, 0.05) is 37.3 Å². The number of hydrogen-bond donors (Lipinski definition) is 2. The molecular formula is C20H28N6OS. The highest BCUT2D eigenvalue weighted by Gasteiger charge is 2.43. The van der Waals surface area contributed by atoms with Crippen molar-refractivity contribution < 1.29 is 0 Å². The van der Waals surface area contributed by atoms with E-state index in [1.807, 2.05) is 19.1 Å². The topological polar surface area (TPSA) is 103 Å². The number of nitrogens with zero attached hydrogens (tertiary/aromatic N) is 4. The SMILES string of the molecule is Cc1ncccc1Sc1c(N)nc(N2CCC3(CCC[C@H]3N)CC2)n(C)c1=O. The van der Waals surface area contributed by atoms with E-state index in [1.54, 1.807) is 17.8 Å². The number of piperidine rings is 1. The third-order valence-corrected chi connectivity index (χ3v) is 7.68. The summed E-state index contributed by atoms with van der Waals surface area (Å²) in [7, 11) is 1.77. The maximum atomic E-state index is 13.0. The van der Waals surface area contributed by atoms with Gasteiger partial charge in [0.15, 0.2) is 0 Å². The quantitative estimate of drug-likeness (QED) is 0.815. The zero-order valence-corrected chi connectivity index (χ0v) is 17.3. The maximum absolute atomic E-state index is 13.0. The number of hydrogen-bond acceptors (Lipinski definition) is 7. The van der Waals surface area contributed by atoms with Gasteiger partial charge in [0.2, 0.25) is 5.95 Å². The molecule has 1 aliphatic heterocycles. The molecule has 1 saturated carbocycles. The number of rotatable bonds is 3. The molecular weight excluding hydrogens is 372 g/mol. The van der Waals surface area contributed by atoms with Crippen molar-refractivity contribution in [2.75, 3.05) is 23.7 Å². The first-order chi connectivity index (χ1) is 13.4. The fourth-order valence-electron chi connectivity index (χ4n) is 4.59. The number of aromatic nitrogens is 3. The van der Waals surface area contributed by atoms with Crippen molar-refractivity contribution in [2.45, 2.75) is 54.9 Å². The van der Waals surface area contributed by atoms with Crippen molar-refractivity contribution in [1.82, 2.24) is 14.5 Å². The molecule has 150 valence electrons. The second-order valence-electron chi connectivity index (χ2n) is 8.03. The van der Waals surface area contributed by atoms with Crippen LogP contribution < -0.4 is 21.9 Å². The first-order valence-corrected chi connectivity index (χ1v) is 10.7. The van der Waals surface area contributed by atoms with Gasteiger partial charge >= 0.3 is 0 Å². The summed E-state index contributed by atoms with van der Waals surface area (Å²) in [6, 6.07) is 4.10. The zero-order chi connectivity index (χ0) is 19.9. The van der Waals surface area contributed by atoms with Crippen LogP contribution in [0.5, 0.6) is 0 Å². The lowest BCUT2D eigenvalue weighted by atomic mass is 9.74. The van der Waals surface area contributed by atoms with E-state index in [0.717, 1.165) is 42.9 Å². The lowest BCUT2D eigenvalue weighted by Gasteiger charge is -2.42. The summed E-state index contributed by atoms with van der Waals surface area (Å²) in [6.07, 6.45) is 7.41. The van der Waals surface area contributed by atoms with Gasteiger partial charge in [0.05, 0.1) is 5.69 Å². The Hall–Kier alpha value is -2.06. The second-order valence-corrected chi connectivity index (χ2v) is 9.08. The standard InChI is InChI=1S/C20H28N6OS/c1-13-14(5-4-10-23-13)28-16-17(22)24-19(25(2)18(16)27)26-11-8-20(9-12-26)7-3-6-15(20)21/h4-5,10,15H,3,6-9,11-12,21-22H2,1-2H3/t15-/m1/s1. The Bertz CT molecular complexity index is 935. The number of anilines is 2. The van der Waals surface area contributed by atoms with Gasteiger partial charge in [-0.3, -0.25) is 14.3 Å². The van der Waals surface area contributed by atoms with Crippen molar-refractivity contribution in [1.29, 1.82) is 0 Å². The molecule has 0 aromatic carbocycles. The Labute approximate surface area is 169 Å². The average molecular weight is 401 g/mol. The van der Waals surface area contributed by atoms with Gasteiger partial charge in [-0.1, -0.05) is 18.2 Å². The van der Waals surface area contributed by atoms with Crippen molar-refractivity contribution >= 4 is 23.5 Å². The van der Waals surface area contributed by atoms with E-state index in [-0.39, 0.29) is 16.8 Å². The molecule has 1 atom stereocenters. The summed E-state index contributed by atoms with van der Waals surface area (Å²) < 4.78 is 1.62. The molecule has 4 rings (SSSR count). The van der Waals surface area contributed by atoms with Gasteiger partial charge in [0.1, 0.15) is 10.7 Å². The lowest BCUT2D eigenvalue weighted by molar-refractivity contribution is 0.196. The highest BCUT2D eigenvalue weighted by atomic mass is 32.2. The minimum atomic E-state index is -0.117. The van der Waals surface area contributed by atoms with Crippen LogP contribution in [0.1, 0.15) is 37.8 Å². The zero-order valence-electron chi connectivity index (χ0n) is 16.5. The molecule has 4 N–H and O–H groups in total. The average Bonchev–Trinajstić information content (AvgIpc) is 3.04. The normalized spacial score (nSPS) is 21.4. The van der Waals surface area contributed by atoms with Crippen LogP contribution in [0.2, 0.25) is 0 Å². The number of aryl methyl sites for hydroxylation is 1. The van der Waals surface area contributed by atoms with Crippen LogP contribution in [0.25, 0.3) is 0 Å². The molecule has 2 aromatic heterocycles. The molecule has 1 spiro atoms. The van der Waals surface area contributed by atoms with Crippen molar-refractivity contribution in [3.63, 3.8) is 0 Å². The molecule has 2 aliphatic rings. The van der Waals surface area contributed by atoms with E-state index >= 15 is 0 Å². The predicted octanol–water partition coefficient (Wildman–Crippen LogP) is 2.31. The van der Waals surface area contributed by atoms with Gasteiger partial charge in [0.25, 0.3) is 5.56 Å². The van der Waals surface area contributed by atoms with E-state index in [0.29, 0.717) is 16.9 Å². The maximum Gasteiger partial charge on any atom is 0.270 e. The lowest BCUT2D eigenvalue weighted by Crippen LogP contribution is -2.48. The Balaban J connectivity index is 1.58. The Morgan fingerprint density at radius 2 is 2.04 bits per heavy atom. The van der Waals surface area contributed by atoms with Gasteiger partial charge in [-0.25, -0.2) is 0 Å². The van der Waals surface area contributed by atoms with Gasteiger partial charge in [-0.2, -0.15) is 4.98 Å². The molecule has 2 fully saturated rings. The molecule has 8 heteroatoms. The number of nitrogen functional groups attached to an aromatic ring is 1. The van der Waals surface area contributed by atoms with E-state index in [4.69, 9.17) is 11.5 Å². The molecule has 1 aliphatic carbocycles. The van der Waals surface area contributed by atoms with Crippen LogP contribution in [0.4, 0.5) is 11.8 Å². The second kappa shape index (κ2) is 7.40. The fraction of sp³-hybridized carbons (Fsp3) is 0.550. The highest BCUT2D eigenvalue weighted by Crippen LogP contribution is 2.45. The van der Waals surface area contributed by atoms with Crippen LogP contribution in [0.3, 0.4) is 0 Å². The molecule has 0 bridgehead atoms. The molecule has 28 heavy (non-hydrogen) atoms. The largest absolute Gasteiger partial charge is 0.382 e. The van der Waals surface area contributed by atoms with Crippen LogP contribution >= 0.6 is 11.8 Å². The van der Waals surface area contributed by atoms with E-state index in [2.05, 4.69) is 14.9 Å². The molecule has 0 radical (unpaired) electrons. The summed E-state index contributed by atoms with van der Waals surface area (Å²) in [4.78, 5) is 25.5. The van der Waals surface area contributed by atoms with Crippen LogP contribution in [-0.4, -0.2) is 33.7 Å². The minimum Gasteiger partial charge on any atom is -0.382 e. The van der Waals surface area contributed by atoms with Gasteiger partial charge < -0.3 is 16.4 Å². The third-order valence-electron chi connectivity index (χ3n) is 6.44. The molecule has 2 aromatic rings. The molecule has 0 unspecified atom stereocenters. The number of nitrogens with two attached hydrogens (primary N) is 2. The third kappa shape index (κ3) is 3.28.